The Morgan fingerprint density at radius 3 is 2.68 bits per heavy atom. The number of nitrogens with one attached hydrogen (secondary N) is 1. The molecule has 2 heterocycles. The van der Waals surface area contributed by atoms with E-state index in [1.807, 2.05) is 11.9 Å². The van der Waals surface area contributed by atoms with E-state index in [2.05, 4.69) is 16.6 Å². The Morgan fingerprint density at radius 1 is 1.35 bits per heavy atom. The monoisotopic (exact) mass is 460 g/mol. The number of carbonyl (C=O) groups is 2. The molecule has 0 aliphatic carbocycles. The van der Waals surface area contributed by atoms with Crippen molar-refractivity contribution < 1.29 is 23.1 Å². The molecule has 0 saturated carbocycles. The number of aliphatic hydroxyl groups excluding tert-OH is 1. The lowest BCUT2D eigenvalue weighted by Gasteiger charge is -2.43. The number of aliphatic hydroxyl groups is 1. The first-order valence-electron chi connectivity index (χ1n) is 10.8. The number of rotatable bonds is 13. The van der Waals surface area contributed by atoms with Crippen molar-refractivity contribution >= 4 is 21.7 Å². The number of hydrogen-bond acceptors (Lipinski definition) is 8. The van der Waals surface area contributed by atoms with E-state index < -0.39 is 21.5 Å². The van der Waals surface area contributed by atoms with E-state index in [0.29, 0.717) is 45.6 Å². The summed E-state index contributed by atoms with van der Waals surface area (Å²) in [4.78, 5) is 29.9. The Bertz CT molecular complexity index is 729. The molecule has 2 fully saturated rings. The van der Waals surface area contributed by atoms with E-state index in [4.69, 9.17) is 5.73 Å². The van der Waals surface area contributed by atoms with Gasteiger partial charge in [-0.2, -0.15) is 0 Å². The zero-order valence-corrected chi connectivity index (χ0v) is 19.7. The van der Waals surface area contributed by atoms with E-state index in [0.717, 1.165) is 12.8 Å². The number of sulfone groups is 1. The minimum absolute atomic E-state index is 0.0609. The second-order valence-corrected chi connectivity index (χ2v) is 11.1. The Balaban J connectivity index is 1.82. The van der Waals surface area contributed by atoms with E-state index in [9.17, 15) is 23.1 Å². The van der Waals surface area contributed by atoms with Crippen LogP contribution in [0, 0.1) is 6.42 Å². The van der Waals surface area contributed by atoms with Gasteiger partial charge in [0.25, 0.3) is 0 Å². The lowest BCUT2D eigenvalue weighted by Crippen LogP contribution is -2.60. The predicted octanol–water partition coefficient (Wildman–Crippen LogP) is -1.59. The molecular formula is C20H38N5O5S. The average Bonchev–Trinajstić information content (AvgIpc) is 2.86. The maximum atomic E-state index is 12.2. The Morgan fingerprint density at radius 2 is 2.06 bits per heavy atom. The molecule has 1 unspecified atom stereocenters. The van der Waals surface area contributed by atoms with Gasteiger partial charge in [-0.05, 0) is 39.2 Å². The smallest absolute Gasteiger partial charge is 0.237 e. The number of likely N-dealkylation sites (N-methyl/N-ethyl adjacent to an activating group) is 1. The fourth-order valence-electron chi connectivity index (χ4n) is 4.57. The predicted molar refractivity (Wildman–Crippen MR) is 119 cm³/mol. The van der Waals surface area contributed by atoms with Crippen LogP contribution in [0.4, 0.5) is 0 Å². The normalized spacial score (nSPS) is 25.0. The lowest BCUT2D eigenvalue weighted by molar-refractivity contribution is -0.134. The minimum Gasteiger partial charge on any atom is -0.390 e. The van der Waals surface area contributed by atoms with Crippen LogP contribution in [-0.4, -0.2) is 116 Å². The fourth-order valence-corrected chi connectivity index (χ4v) is 5.08. The van der Waals surface area contributed by atoms with E-state index in [1.165, 1.54) is 13.2 Å². The number of hydrogen-bond donors (Lipinski definition) is 3. The lowest BCUT2D eigenvalue weighted by atomic mass is 9.87. The molecule has 0 aromatic heterocycles. The maximum absolute atomic E-state index is 12.2. The SMILES string of the molecule is CC(=O)N(CCN(C)CCNCS(C)(=O)=O)CC(O)CN1[C@@H]2C[CH]C[C@@]1(C(N)=O)CC2. The van der Waals surface area contributed by atoms with E-state index >= 15 is 0 Å². The quantitative estimate of drug-likeness (QED) is 0.280. The molecule has 179 valence electrons. The number of carbonyl (C=O) groups excluding carboxylic acids is 2. The maximum Gasteiger partial charge on any atom is 0.237 e. The highest BCUT2D eigenvalue weighted by molar-refractivity contribution is 7.90. The highest BCUT2D eigenvalue weighted by Gasteiger charge is 2.52. The first-order chi connectivity index (χ1) is 14.4. The van der Waals surface area contributed by atoms with Gasteiger partial charge in [0.15, 0.2) is 9.84 Å². The van der Waals surface area contributed by atoms with Crippen LogP contribution >= 0.6 is 0 Å². The average molecular weight is 461 g/mol. The minimum atomic E-state index is -3.04. The van der Waals surface area contributed by atoms with Crippen LogP contribution in [0.2, 0.25) is 0 Å². The van der Waals surface area contributed by atoms with Crippen molar-refractivity contribution in [3.63, 3.8) is 0 Å². The van der Waals surface area contributed by atoms with Gasteiger partial charge in [-0.25, -0.2) is 8.42 Å². The molecule has 2 amide bonds. The van der Waals surface area contributed by atoms with Crippen molar-refractivity contribution in [2.75, 3.05) is 58.4 Å². The van der Waals surface area contributed by atoms with Gasteiger partial charge >= 0.3 is 0 Å². The number of primary amides is 1. The summed E-state index contributed by atoms with van der Waals surface area (Å²) in [6, 6.07) is 0.215. The molecule has 10 nitrogen and oxygen atoms in total. The summed E-state index contributed by atoms with van der Waals surface area (Å²) in [5.74, 6) is -0.524. The second kappa shape index (κ2) is 11.0. The van der Waals surface area contributed by atoms with Crippen LogP contribution in [-0.2, 0) is 19.4 Å². The molecule has 3 atom stereocenters. The molecule has 31 heavy (non-hydrogen) atoms. The van der Waals surface area contributed by atoms with Crippen LogP contribution < -0.4 is 11.1 Å². The summed E-state index contributed by atoms with van der Waals surface area (Å²) >= 11 is 0. The molecule has 0 aromatic rings. The number of amides is 2. The largest absolute Gasteiger partial charge is 0.390 e. The van der Waals surface area contributed by atoms with Gasteiger partial charge in [-0.1, -0.05) is 0 Å². The molecule has 0 aromatic carbocycles. The third-order valence-electron chi connectivity index (χ3n) is 6.33. The topological polar surface area (TPSA) is 136 Å². The van der Waals surface area contributed by atoms with Crippen molar-refractivity contribution in [3.8, 4) is 0 Å². The summed E-state index contributed by atoms with van der Waals surface area (Å²) in [5.41, 5.74) is 5.01. The van der Waals surface area contributed by atoms with Gasteiger partial charge in [0, 0.05) is 58.5 Å². The standard InChI is InChI=1S/C20H38N5O5S/c1-16(26)24(12-11-23(2)10-9-22-15-31(3,29)30)13-18(27)14-25-17-5-4-7-20(25,8-6-17)19(21)28/h4,17-18,22,27H,5-15H2,1-3H3,(H2,21,28)/t17-,18?,20+/m1/s1. The Hall–Kier alpha value is -1.27. The molecule has 1 radical (unpaired) electrons. The summed E-state index contributed by atoms with van der Waals surface area (Å²) in [7, 11) is -1.15. The van der Waals surface area contributed by atoms with Gasteiger partial charge in [0.05, 0.1) is 12.0 Å². The first kappa shape index (κ1) is 26.0. The summed E-state index contributed by atoms with van der Waals surface area (Å²) in [6.07, 6.45) is 5.62. The number of fused-ring (bicyclic) bond motifs is 2. The molecule has 2 aliphatic heterocycles. The number of β-amino-alcohol motifs (C(OH)–C–C–N with tert-alkyl or cyclic N) is 1. The Kier molecular flexibility index (Phi) is 9.26. The number of nitrogens with two attached hydrogens (primary N) is 1. The van der Waals surface area contributed by atoms with Crippen LogP contribution in [0.25, 0.3) is 0 Å². The van der Waals surface area contributed by atoms with Crippen LogP contribution in [0.3, 0.4) is 0 Å². The molecular weight excluding hydrogens is 422 g/mol. The Labute approximate surface area is 186 Å². The van der Waals surface area contributed by atoms with Crippen molar-refractivity contribution in [1.82, 2.24) is 20.0 Å². The van der Waals surface area contributed by atoms with Gasteiger partial charge < -0.3 is 26.0 Å². The molecule has 2 saturated heterocycles. The third kappa shape index (κ3) is 7.38. The van der Waals surface area contributed by atoms with Crippen molar-refractivity contribution in [2.24, 2.45) is 5.73 Å². The second-order valence-electron chi connectivity index (χ2n) is 8.96. The zero-order valence-electron chi connectivity index (χ0n) is 18.9. The highest BCUT2D eigenvalue weighted by Crippen LogP contribution is 2.43. The van der Waals surface area contributed by atoms with Crippen LogP contribution in [0.5, 0.6) is 0 Å². The molecule has 0 spiro atoms. The molecule has 4 N–H and O–H groups in total. The molecule has 2 aliphatic rings. The van der Waals surface area contributed by atoms with Crippen LogP contribution in [0.15, 0.2) is 0 Å². The fraction of sp³-hybridized carbons (Fsp3) is 0.850. The number of nitrogens with zero attached hydrogens (tertiary/aromatic N) is 3. The summed E-state index contributed by atoms with van der Waals surface area (Å²) < 4.78 is 22.3. The summed E-state index contributed by atoms with van der Waals surface area (Å²) in [6.45, 7) is 4.19. The molecule has 2 bridgehead atoms. The van der Waals surface area contributed by atoms with Crippen molar-refractivity contribution in [3.05, 3.63) is 6.42 Å². The summed E-state index contributed by atoms with van der Waals surface area (Å²) in [5, 5.41) is 13.6. The molecule has 11 heteroatoms. The van der Waals surface area contributed by atoms with E-state index in [-0.39, 0.29) is 30.3 Å². The number of piperidine rings is 1. The third-order valence-corrected chi connectivity index (χ3v) is 7.06. The highest BCUT2D eigenvalue weighted by atomic mass is 32.2. The van der Waals surface area contributed by atoms with Gasteiger partial charge in [0.1, 0.15) is 5.54 Å². The van der Waals surface area contributed by atoms with Gasteiger partial charge in [-0.15, -0.1) is 0 Å². The van der Waals surface area contributed by atoms with Crippen molar-refractivity contribution in [1.29, 1.82) is 0 Å². The molecule has 2 rings (SSSR count). The van der Waals surface area contributed by atoms with Gasteiger partial charge in [0.2, 0.25) is 11.8 Å². The van der Waals surface area contributed by atoms with Crippen LogP contribution in [0.1, 0.15) is 32.6 Å². The zero-order chi connectivity index (χ0) is 23.2. The van der Waals surface area contributed by atoms with Gasteiger partial charge in [-0.3, -0.25) is 14.5 Å². The van der Waals surface area contributed by atoms with E-state index in [1.54, 1.807) is 4.90 Å². The van der Waals surface area contributed by atoms with Crippen molar-refractivity contribution in [2.45, 2.75) is 50.3 Å². The first-order valence-corrected chi connectivity index (χ1v) is 12.9.